The summed E-state index contributed by atoms with van der Waals surface area (Å²) >= 11 is 0. The molecule has 1 N–H and O–H groups in total. The molecule has 0 heterocycles. The molecule has 3 nitrogen and oxygen atoms in total. The van der Waals surface area contributed by atoms with Crippen LogP contribution in [-0.2, 0) is 6.42 Å². The molecule has 0 bridgehead atoms. The second-order valence-electron chi connectivity index (χ2n) is 4.92. The van der Waals surface area contributed by atoms with Crippen LogP contribution in [-0.4, -0.2) is 19.3 Å². The van der Waals surface area contributed by atoms with Gasteiger partial charge in [-0.1, -0.05) is 12.2 Å². The molecule has 0 unspecified atom stereocenters. The summed E-state index contributed by atoms with van der Waals surface area (Å²) in [5.41, 5.74) is 4.88. The average molecular weight is 258 g/mol. The molecule has 0 radical (unpaired) electrons. The fraction of sp³-hybridized carbons (Fsp3) is 0.375. The van der Waals surface area contributed by atoms with Crippen molar-refractivity contribution in [1.29, 1.82) is 0 Å². The van der Waals surface area contributed by atoms with E-state index in [2.05, 4.69) is 12.2 Å². The second kappa shape index (κ2) is 4.65. The fourth-order valence-electron chi connectivity index (χ4n) is 3.08. The summed E-state index contributed by atoms with van der Waals surface area (Å²) in [5.74, 6) is 1.23. The van der Waals surface area contributed by atoms with Crippen LogP contribution in [0.3, 0.4) is 0 Å². The molecule has 0 aliphatic heterocycles. The SMILES string of the molecule is COc1c(O)cc2c(c1OC)C1=CCCC1=CCC2. The molecule has 100 valence electrons. The number of phenols is 1. The van der Waals surface area contributed by atoms with Crippen molar-refractivity contribution in [2.45, 2.75) is 25.7 Å². The van der Waals surface area contributed by atoms with Gasteiger partial charge in [0.15, 0.2) is 11.5 Å². The highest BCUT2D eigenvalue weighted by Gasteiger charge is 2.26. The van der Waals surface area contributed by atoms with Crippen molar-refractivity contribution >= 4 is 5.57 Å². The van der Waals surface area contributed by atoms with Crippen molar-refractivity contribution in [3.05, 3.63) is 34.9 Å². The van der Waals surface area contributed by atoms with Crippen molar-refractivity contribution in [2.24, 2.45) is 0 Å². The van der Waals surface area contributed by atoms with E-state index in [9.17, 15) is 5.11 Å². The molecule has 0 aromatic heterocycles. The molecule has 0 atom stereocenters. The van der Waals surface area contributed by atoms with Crippen LogP contribution in [0.1, 0.15) is 30.4 Å². The summed E-state index contributed by atoms with van der Waals surface area (Å²) in [6.07, 6.45) is 8.67. The highest BCUT2D eigenvalue weighted by Crippen LogP contribution is 2.49. The molecule has 2 aliphatic carbocycles. The summed E-state index contributed by atoms with van der Waals surface area (Å²) in [4.78, 5) is 0. The first-order chi connectivity index (χ1) is 9.26. The first kappa shape index (κ1) is 12.2. The number of ether oxygens (including phenoxy) is 2. The Hall–Kier alpha value is -1.90. The molecule has 0 amide bonds. The fourth-order valence-corrected chi connectivity index (χ4v) is 3.08. The van der Waals surface area contributed by atoms with Crippen molar-refractivity contribution in [1.82, 2.24) is 0 Å². The van der Waals surface area contributed by atoms with Crippen molar-refractivity contribution in [3.63, 3.8) is 0 Å². The molecule has 3 rings (SSSR count). The number of allylic oxidation sites excluding steroid dienone is 4. The Bertz CT molecular complexity index is 582. The maximum Gasteiger partial charge on any atom is 0.203 e. The van der Waals surface area contributed by atoms with E-state index in [0.29, 0.717) is 11.5 Å². The van der Waals surface area contributed by atoms with Crippen LogP contribution in [0.25, 0.3) is 5.57 Å². The van der Waals surface area contributed by atoms with Gasteiger partial charge in [0.05, 0.1) is 14.2 Å². The molecule has 0 saturated heterocycles. The molecule has 0 fully saturated rings. The molecule has 0 spiro atoms. The molecular formula is C16H18O3. The van der Waals surface area contributed by atoms with Gasteiger partial charge in [-0.25, -0.2) is 0 Å². The summed E-state index contributed by atoms with van der Waals surface area (Å²) in [6.45, 7) is 0. The van der Waals surface area contributed by atoms with Gasteiger partial charge in [-0.15, -0.1) is 0 Å². The normalized spacial score (nSPS) is 16.9. The summed E-state index contributed by atoms with van der Waals surface area (Å²) in [5, 5.41) is 10.1. The number of benzene rings is 1. The van der Waals surface area contributed by atoms with E-state index in [-0.39, 0.29) is 5.75 Å². The van der Waals surface area contributed by atoms with Crippen LogP contribution in [0.5, 0.6) is 17.2 Å². The lowest BCUT2D eigenvalue weighted by molar-refractivity contribution is 0.332. The quantitative estimate of drug-likeness (QED) is 0.883. The van der Waals surface area contributed by atoms with E-state index in [4.69, 9.17) is 9.47 Å². The predicted molar refractivity (Wildman–Crippen MR) is 74.8 cm³/mol. The number of hydrogen-bond donors (Lipinski definition) is 1. The predicted octanol–water partition coefficient (Wildman–Crippen LogP) is 3.46. The third-order valence-electron chi connectivity index (χ3n) is 3.89. The van der Waals surface area contributed by atoms with Crippen LogP contribution in [0.2, 0.25) is 0 Å². The molecule has 3 heteroatoms. The van der Waals surface area contributed by atoms with E-state index in [1.807, 2.05) is 6.07 Å². The molecular weight excluding hydrogens is 240 g/mol. The lowest BCUT2D eigenvalue weighted by Gasteiger charge is -2.18. The average Bonchev–Trinajstić information content (AvgIpc) is 2.79. The Morgan fingerprint density at radius 1 is 1.00 bits per heavy atom. The first-order valence-corrected chi connectivity index (χ1v) is 6.63. The topological polar surface area (TPSA) is 38.7 Å². The number of methoxy groups -OCH3 is 2. The van der Waals surface area contributed by atoms with Gasteiger partial charge < -0.3 is 14.6 Å². The molecule has 2 aliphatic rings. The van der Waals surface area contributed by atoms with E-state index in [1.165, 1.54) is 11.1 Å². The van der Waals surface area contributed by atoms with E-state index >= 15 is 0 Å². The van der Waals surface area contributed by atoms with Gasteiger partial charge in [0.1, 0.15) is 0 Å². The summed E-state index contributed by atoms with van der Waals surface area (Å²) < 4.78 is 10.8. The maximum absolute atomic E-state index is 10.1. The second-order valence-corrected chi connectivity index (χ2v) is 4.92. The van der Waals surface area contributed by atoms with Gasteiger partial charge in [0.2, 0.25) is 5.75 Å². The van der Waals surface area contributed by atoms with Gasteiger partial charge in [0.25, 0.3) is 0 Å². The van der Waals surface area contributed by atoms with E-state index in [1.54, 1.807) is 14.2 Å². The summed E-state index contributed by atoms with van der Waals surface area (Å²) in [7, 11) is 3.18. The smallest absolute Gasteiger partial charge is 0.203 e. The van der Waals surface area contributed by atoms with Gasteiger partial charge in [-0.2, -0.15) is 0 Å². The lowest BCUT2D eigenvalue weighted by atomic mass is 9.95. The zero-order valence-corrected chi connectivity index (χ0v) is 11.3. The number of hydrogen-bond acceptors (Lipinski definition) is 3. The number of phenolic OH excluding ortho intramolecular Hbond substituents is 1. The summed E-state index contributed by atoms with van der Waals surface area (Å²) in [6, 6.07) is 1.81. The van der Waals surface area contributed by atoms with Crippen molar-refractivity contribution < 1.29 is 14.6 Å². The number of rotatable bonds is 2. The molecule has 19 heavy (non-hydrogen) atoms. The Morgan fingerprint density at radius 2 is 1.74 bits per heavy atom. The zero-order chi connectivity index (χ0) is 13.4. The van der Waals surface area contributed by atoms with E-state index in [0.717, 1.165) is 36.8 Å². The van der Waals surface area contributed by atoms with Gasteiger partial charge in [0, 0.05) is 5.56 Å². The number of fused-ring (bicyclic) bond motifs is 3. The standard InChI is InChI=1S/C16H18O3/c1-18-15-13(17)9-11-7-3-5-10-6-4-8-12(10)14(11)16(15)19-2/h5,8-9,17H,3-4,6-7H2,1-2H3. The minimum Gasteiger partial charge on any atom is -0.504 e. The molecule has 1 aromatic carbocycles. The highest BCUT2D eigenvalue weighted by atomic mass is 16.5. The number of aromatic hydroxyl groups is 1. The zero-order valence-electron chi connectivity index (χ0n) is 11.3. The molecule has 1 aromatic rings. The number of aryl methyl sites for hydroxylation is 1. The van der Waals surface area contributed by atoms with Crippen LogP contribution < -0.4 is 9.47 Å². The van der Waals surface area contributed by atoms with Crippen LogP contribution >= 0.6 is 0 Å². The van der Waals surface area contributed by atoms with Crippen molar-refractivity contribution in [3.8, 4) is 17.2 Å². The molecule has 0 saturated carbocycles. The monoisotopic (exact) mass is 258 g/mol. The largest absolute Gasteiger partial charge is 0.504 e. The Kier molecular flexibility index (Phi) is 2.97. The Balaban J connectivity index is 2.29. The third-order valence-corrected chi connectivity index (χ3v) is 3.89. The van der Waals surface area contributed by atoms with Crippen LogP contribution in [0.4, 0.5) is 0 Å². The van der Waals surface area contributed by atoms with Crippen LogP contribution in [0, 0.1) is 0 Å². The van der Waals surface area contributed by atoms with Crippen molar-refractivity contribution in [2.75, 3.05) is 14.2 Å². The first-order valence-electron chi connectivity index (χ1n) is 6.63. The van der Waals surface area contributed by atoms with Gasteiger partial charge in [-0.3, -0.25) is 0 Å². The Labute approximate surface area is 113 Å². The maximum atomic E-state index is 10.1. The Morgan fingerprint density at radius 3 is 2.47 bits per heavy atom. The lowest BCUT2D eigenvalue weighted by Crippen LogP contribution is -2.00. The van der Waals surface area contributed by atoms with Gasteiger partial charge in [-0.05, 0) is 48.5 Å². The highest BCUT2D eigenvalue weighted by molar-refractivity contribution is 5.88. The van der Waals surface area contributed by atoms with E-state index < -0.39 is 0 Å². The minimum atomic E-state index is 0.153. The van der Waals surface area contributed by atoms with Crippen LogP contribution in [0.15, 0.2) is 23.8 Å². The van der Waals surface area contributed by atoms with Gasteiger partial charge >= 0.3 is 0 Å². The third kappa shape index (κ3) is 1.81. The minimum absolute atomic E-state index is 0.153.